The number of hydrogen-bond donors (Lipinski definition) is 0. The first-order valence-corrected chi connectivity index (χ1v) is 7.13. The van der Waals surface area contributed by atoms with E-state index in [1.54, 1.807) is 0 Å². The highest BCUT2D eigenvalue weighted by Crippen LogP contribution is 2.61. The van der Waals surface area contributed by atoms with Crippen molar-refractivity contribution < 1.29 is 9.59 Å². The Balaban J connectivity index is 1.87. The second-order valence-corrected chi connectivity index (χ2v) is 6.27. The molecule has 0 amide bonds. The van der Waals surface area contributed by atoms with E-state index in [1.807, 2.05) is 18.2 Å². The summed E-state index contributed by atoms with van der Waals surface area (Å²) >= 11 is 0. The van der Waals surface area contributed by atoms with Crippen molar-refractivity contribution in [2.75, 3.05) is 0 Å². The van der Waals surface area contributed by atoms with Gasteiger partial charge in [-0.3, -0.25) is 9.59 Å². The van der Waals surface area contributed by atoms with Crippen molar-refractivity contribution in [3.05, 3.63) is 60.2 Å². The maximum absolute atomic E-state index is 12.3. The Kier molecular flexibility index (Phi) is 2.24. The molecule has 0 N–H and O–H groups in total. The van der Waals surface area contributed by atoms with Crippen LogP contribution in [0.5, 0.6) is 0 Å². The molecule has 20 heavy (non-hydrogen) atoms. The van der Waals surface area contributed by atoms with E-state index in [0.29, 0.717) is 0 Å². The first kappa shape index (κ1) is 11.8. The average molecular weight is 264 g/mol. The number of allylic oxidation sites excluding steroid dienone is 4. The minimum Gasteiger partial charge on any atom is -0.294 e. The molecule has 0 aliphatic heterocycles. The summed E-state index contributed by atoms with van der Waals surface area (Å²) in [6, 6.07) is 10.3. The second-order valence-electron chi connectivity index (χ2n) is 6.27. The molecule has 0 saturated heterocycles. The molecule has 5 atom stereocenters. The van der Waals surface area contributed by atoms with Crippen LogP contribution in [0.4, 0.5) is 0 Å². The monoisotopic (exact) mass is 264 g/mol. The molecule has 1 aromatic rings. The molecule has 3 aliphatic carbocycles. The van der Waals surface area contributed by atoms with E-state index >= 15 is 0 Å². The smallest absolute Gasteiger partial charge is 0.160 e. The van der Waals surface area contributed by atoms with Crippen molar-refractivity contribution in [1.29, 1.82) is 0 Å². The van der Waals surface area contributed by atoms with Crippen LogP contribution in [0.3, 0.4) is 0 Å². The van der Waals surface area contributed by atoms with Crippen molar-refractivity contribution in [2.24, 2.45) is 23.7 Å². The van der Waals surface area contributed by atoms with Gasteiger partial charge in [0.1, 0.15) is 0 Å². The quantitative estimate of drug-likeness (QED) is 0.731. The first-order valence-electron chi connectivity index (χ1n) is 7.13. The molecule has 0 heterocycles. The number of fused-ring (bicyclic) bond motifs is 5. The molecule has 3 aliphatic rings. The summed E-state index contributed by atoms with van der Waals surface area (Å²) in [7, 11) is 0. The maximum atomic E-state index is 12.3. The van der Waals surface area contributed by atoms with Crippen molar-refractivity contribution in [3.63, 3.8) is 0 Å². The first-order chi connectivity index (χ1) is 9.64. The summed E-state index contributed by atoms with van der Waals surface area (Å²) in [5, 5.41) is 0. The van der Waals surface area contributed by atoms with Gasteiger partial charge >= 0.3 is 0 Å². The van der Waals surface area contributed by atoms with E-state index in [2.05, 4.69) is 31.2 Å². The number of hydrogen-bond acceptors (Lipinski definition) is 2. The third kappa shape index (κ3) is 1.24. The van der Waals surface area contributed by atoms with Crippen LogP contribution in [0.1, 0.15) is 12.5 Å². The minimum absolute atomic E-state index is 0.119. The highest BCUT2D eigenvalue weighted by atomic mass is 16.1. The lowest BCUT2D eigenvalue weighted by atomic mass is 9.71. The van der Waals surface area contributed by atoms with Gasteiger partial charge in [-0.05, 0) is 29.6 Å². The normalized spacial score (nSPS) is 41.2. The van der Waals surface area contributed by atoms with Crippen molar-refractivity contribution in [3.8, 4) is 0 Å². The van der Waals surface area contributed by atoms with Crippen molar-refractivity contribution >= 4 is 11.6 Å². The Morgan fingerprint density at radius 1 is 0.850 bits per heavy atom. The summed E-state index contributed by atoms with van der Waals surface area (Å²) in [6.45, 7) is 2.20. The molecule has 100 valence electrons. The third-order valence-electron chi connectivity index (χ3n) is 5.54. The van der Waals surface area contributed by atoms with Gasteiger partial charge in [-0.15, -0.1) is 0 Å². The van der Waals surface area contributed by atoms with Crippen LogP contribution in [0.2, 0.25) is 0 Å². The summed E-state index contributed by atoms with van der Waals surface area (Å²) in [4.78, 5) is 24.5. The van der Waals surface area contributed by atoms with E-state index in [-0.39, 0.29) is 40.7 Å². The molecule has 1 fully saturated rings. The van der Waals surface area contributed by atoms with Gasteiger partial charge in [0, 0.05) is 17.3 Å². The van der Waals surface area contributed by atoms with Gasteiger partial charge < -0.3 is 0 Å². The van der Waals surface area contributed by atoms with E-state index in [0.717, 1.165) is 0 Å². The van der Waals surface area contributed by atoms with Gasteiger partial charge in [-0.25, -0.2) is 0 Å². The van der Waals surface area contributed by atoms with Crippen LogP contribution in [0, 0.1) is 23.7 Å². The highest BCUT2D eigenvalue weighted by molar-refractivity contribution is 6.08. The Labute approximate surface area is 118 Å². The van der Waals surface area contributed by atoms with E-state index in [9.17, 15) is 9.59 Å². The zero-order valence-corrected chi connectivity index (χ0v) is 11.3. The van der Waals surface area contributed by atoms with Crippen LogP contribution in [-0.4, -0.2) is 11.6 Å². The van der Waals surface area contributed by atoms with Gasteiger partial charge in [0.25, 0.3) is 0 Å². The van der Waals surface area contributed by atoms with Crippen molar-refractivity contribution in [2.45, 2.75) is 12.3 Å². The van der Waals surface area contributed by atoms with Gasteiger partial charge in [-0.2, -0.15) is 0 Å². The molecule has 2 nitrogen and oxygen atoms in total. The van der Waals surface area contributed by atoms with Crippen LogP contribution >= 0.6 is 0 Å². The lowest BCUT2D eigenvalue weighted by Crippen LogP contribution is -2.34. The number of benzene rings is 1. The Morgan fingerprint density at radius 2 is 1.35 bits per heavy atom. The molecule has 2 heteroatoms. The molecule has 0 spiro atoms. The predicted molar refractivity (Wildman–Crippen MR) is 76.0 cm³/mol. The molecule has 0 radical (unpaired) electrons. The topological polar surface area (TPSA) is 34.1 Å². The number of carbonyl (C=O) groups is 2. The Morgan fingerprint density at radius 3 is 1.85 bits per heavy atom. The largest absolute Gasteiger partial charge is 0.294 e. The summed E-state index contributed by atoms with van der Waals surface area (Å²) in [5.74, 6) is 0.199. The molecule has 1 unspecified atom stereocenters. The fourth-order valence-corrected chi connectivity index (χ4v) is 4.57. The summed E-state index contributed by atoms with van der Waals surface area (Å²) in [6.07, 6.45) is 7.26. The number of carbonyl (C=O) groups excluding carboxylic acids is 2. The van der Waals surface area contributed by atoms with E-state index < -0.39 is 0 Å². The van der Waals surface area contributed by atoms with Crippen LogP contribution in [-0.2, 0) is 15.0 Å². The number of rotatable bonds is 1. The van der Waals surface area contributed by atoms with E-state index in [1.165, 1.54) is 17.7 Å². The maximum Gasteiger partial charge on any atom is 0.160 e. The van der Waals surface area contributed by atoms with Gasteiger partial charge in [-0.1, -0.05) is 49.4 Å². The molecule has 1 aromatic carbocycles. The van der Waals surface area contributed by atoms with Crippen molar-refractivity contribution in [1.82, 2.24) is 0 Å². The zero-order chi connectivity index (χ0) is 13.9. The fourth-order valence-electron chi connectivity index (χ4n) is 4.57. The third-order valence-corrected chi connectivity index (χ3v) is 5.54. The molecule has 0 aromatic heterocycles. The summed E-state index contributed by atoms with van der Waals surface area (Å²) in [5.41, 5.74) is 1.10. The average Bonchev–Trinajstić information content (AvgIpc) is 2.95. The van der Waals surface area contributed by atoms with Gasteiger partial charge in [0.15, 0.2) is 11.6 Å². The lowest BCUT2D eigenvalue weighted by Gasteiger charge is -2.31. The minimum atomic E-state index is -0.160. The summed E-state index contributed by atoms with van der Waals surface area (Å²) < 4.78 is 0. The molecular weight excluding hydrogens is 248 g/mol. The van der Waals surface area contributed by atoms with Crippen LogP contribution in [0.25, 0.3) is 0 Å². The Hall–Kier alpha value is -1.96. The second kappa shape index (κ2) is 3.78. The predicted octanol–water partition coefficient (Wildman–Crippen LogP) is 2.70. The van der Waals surface area contributed by atoms with E-state index in [4.69, 9.17) is 0 Å². The SMILES string of the molecule is CC1(c2ccccc2)[C@@H]2C=C[C@H]1[C@@H]1C(=O)C=CC(=O)[C@@H]12. The zero-order valence-electron chi connectivity index (χ0n) is 11.3. The molecular formula is C18H16O2. The lowest BCUT2D eigenvalue weighted by molar-refractivity contribution is -0.129. The molecule has 1 saturated carbocycles. The number of ketones is 2. The highest BCUT2D eigenvalue weighted by Gasteiger charge is 2.63. The van der Waals surface area contributed by atoms with Crippen LogP contribution < -0.4 is 0 Å². The molecule has 4 rings (SSSR count). The Bertz CT molecular complexity index is 619. The fraction of sp³-hybridized carbons (Fsp3) is 0.333. The molecule has 2 bridgehead atoms. The standard InChI is InChI=1S/C18H16O2/c1-18(11-5-3-2-4-6-11)12-7-8-13(18)17-15(20)10-9-14(19)16(12)17/h2-10,12-13,16-17H,1H3/t12-,13+,16+,17-,18?. The van der Waals surface area contributed by atoms with Gasteiger partial charge in [0.05, 0.1) is 0 Å². The van der Waals surface area contributed by atoms with Gasteiger partial charge in [0.2, 0.25) is 0 Å². The van der Waals surface area contributed by atoms with Crippen LogP contribution in [0.15, 0.2) is 54.6 Å².